The van der Waals surface area contributed by atoms with Crippen LogP contribution < -0.4 is 4.90 Å². The third kappa shape index (κ3) is 4.26. The van der Waals surface area contributed by atoms with Crippen LogP contribution in [0.1, 0.15) is 0 Å². The third-order valence-corrected chi connectivity index (χ3v) is 7.72. The van der Waals surface area contributed by atoms with Crippen LogP contribution in [-0.4, -0.2) is 56.1 Å². The van der Waals surface area contributed by atoms with Crippen molar-refractivity contribution in [3.8, 4) is 0 Å². The van der Waals surface area contributed by atoms with Crippen molar-refractivity contribution in [2.24, 2.45) is 0 Å². The maximum Gasteiger partial charge on any atom is 0.238 e. The maximum atomic E-state index is 13.9. The molecule has 4 rings (SSSR count). The molecule has 0 bridgehead atoms. The van der Waals surface area contributed by atoms with Gasteiger partial charge in [-0.15, -0.1) is 0 Å². The summed E-state index contributed by atoms with van der Waals surface area (Å²) in [6, 6.07) is 7.70. The molecule has 0 N–H and O–H groups in total. The SMILES string of the molecule is O=C(CS(=O)(=O)c1ccc(Cl)cc1)N1CCN(c2nc3c(F)cc(F)cc3s2)CC1. The fraction of sp³-hybridized carbons (Fsp3) is 0.263. The Morgan fingerprint density at radius 1 is 1.10 bits per heavy atom. The summed E-state index contributed by atoms with van der Waals surface area (Å²) in [5.41, 5.74) is 0.115. The minimum atomic E-state index is -3.77. The third-order valence-electron chi connectivity index (χ3n) is 4.79. The van der Waals surface area contributed by atoms with Gasteiger partial charge in [0.1, 0.15) is 17.1 Å². The zero-order valence-corrected chi connectivity index (χ0v) is 17.9. The Morgan fingerprint density at radius 3 is 2.43 bits per heavy atom. The molecule has 1 aliphatic heterocycles. The summed E-state index contributed by atoms with van der Waals surface area (Å²) in [5, 5.41) is 0.948. The standard InChI is InChI=1S/C19H16ClF2N3O3S2/c20-12-1-3-14(4-2-12)30(27,28)11-17(26)24-5-7-25(8-6-24)19-23-18-15(22)9-13(21)10-16(18)29-19/h1-4,9-10H,5-8,11H2. The van der Waals surface area contributed by atoms with Crippen LogP contribution in [-0.2, 0) is 14.6 Å². The molecule has 30 heavy (non-hydrogen) atoms. The lowest BCUT2D eigenvalue weighted by molar-refractivity contribution is -0.128. The summed E-state index contributed by atoms with van der Waals surface area (Å²) in [7, 11) is -3.77. The van der Waals surface area contributed by atoms with E-state index in [1.807, 2.05) is 4.90 Å². The van der Waals surface area contributed by atoms with Crippen LogP contribution in [0.25, 0.3) is 10.2 Å². The van der Waals surface area contributed by atoms with Gasteiger partial charge < -0.3 is 9.80 Å². The van der Waals surface area contributed by atoms with Crippen molar-refractivity contribution in [2.45, 2.75) is 4.90 Å². The molecule has 1 aliphatic rings. The predicted molar refractivity (Wildman–Crippen MR) is 112 cm³/mol. The van der Waals surface area contributed by atoms with E-state index in [1.54, 1.807) is 0 Å². The molecule has 1 aromatic heterocycles. The van der Waals surface area contributed by atoms with Gasteiger partial charge in [0, 0.05) is 37.3 Å². The molecular weight excluding hydrogens is 456 g/mol. The van der Waals surface area contributed by atoms with Gasteiger partial charge in [-0.2, -0.15) is 0 Å². The highest BCUT2D eigenvalue weighted by Crippen LogP contribution is 2.31. The van der Waals surface area contributed by atoms with Crippen LogP contribution in [0.3, 0.4) is 0 Å². The molecule has 0 unspecified atom stereocenters. The number of piperazine rings is 1. The predicted octanol–water partition coefficient (Wildman–Crippen LogP) is 3.35. The number of halogens is 3. The first-order valence-corrected chi connectivity index (χ1v) is 11.8. The molecule has 3 aromatic rings. The lowest BCUT2D eigenvalue weighted by Gasteiger charge is -2.34. The number of benzene rings is 2. The van der Waals surface area contributed by atoms with Crippen molar-refractivity contribution < 1.29 is 22.0 Å². The van der Waals surface area contributed by atoms with Crippen molar-refractivity contribution in [3.05, 3.63) is 53.1 Å². The highest BCUT2D eigenvalue weighted by molar-refractivity contribution is 7.92. The number of hydrogen-bond donors (Lipinski definition) is 0. The molecular formula is C19H16ClF2N3O3S2. The van der Waals surface area contributed by atoms with E-state index in [9.17, 15) is 22.0 Å². The molecule has 0 aliphatic carbocycles. The zero-order chi connectivity index (χ0) is 21.5. The summed E-state index contributed by atoms with van der Waals surface area (Å²) >= 11 is 6.95. The van der Waals surface area contributed by atoms with E-state index >= 15 is 0 Å². The number of hydrogen-bond acceptors (Lipinski definition) is 6. The summed E-state index contributed by atoms with van der Waals surface area (Å²) in [6.45, 7) is 1.44. The Hall–Kier alpha value is -2.30. The number of carbonyl (C=O) groups is 1. The quantitative estimate of drug-likeness (QED) is 0.583. The van der Waals surface area contributed by atoms with E-state index in [-0.39, 0.29) is 10.4 Å². The Morgan fingerprint density at radius 2 is 1.77 bits per heavy atom. The van der Waals surface area contributed by atoms with Crippen LogP contribution in [0.4, 0.5) is 13.9 Å². The van der Waals surface area contributed by atoms with Crippen molar-refractivity contribution in [1.29, 1.82) is 0 Å². The van der Waals surface area contributed by atoms with Gasteiger partial charge in [-0.05, 0) is 30.3 Å². The van der Waals surface area contributed by atoms with E-state index in [0.717, 1.165) is 6.07 Å². The van der Waals surface area contributed by atoms with Gasteiger partial charge in [0.05, 0.1) is 9.60 Å². The number of anilines is 1. The Kier molecular flexibility index (Phi) is 5.65. The fourth-order valence-electron chi connectivity index (χ4n) is 3.21. The van der Waals surface area contributed by atoms with E-state index < -0.39 is 33.1 Å². The largest absolute Gasteiger partial charge is 0.345 e. The van der Waals surface area contributed by atoms with Gasteiger partial charge in [-0.25, -0.2) is 22.2 Å². The van der Waals surface area contributed by atoms with E-state index in [4.69, 9.17) is 11.6 Å². The maximum absolute atomic E-state index is 13.9. The first-order chi connectivity index (χ1) is 14.2. The molecule has 0 atom stereocenters. The van der Waals surface area contributed by atoms with Gasteiger partial charge in [0.15, 0.2) is 20.8 Å². The smallest absolute Gasteiger partial charge is 0.238 e. The van der Waals surface area contributed by atoms with Crippen molar-refractivity contribution in [2.75, 3.05) is 36.8 Å². The minimum Gasteiger partial charge on any atom is -0.345 e. The topological polar surface area (TPSA) is 70.6 Å². The summed E-state index contributed by atoms with van der Waals surface area (Å²) in [4.78, 5) is 20.2. The van der Waals surface area contributed by atoms with Gasteiger partial charge in [0.2, 0.25) is 5.91 Å². The van der Waals surface area contributed by atoms with Crippen LogP contribution in [0.5, 0.6) is 0 Å². The van der Waals surface area contributed by atoms with Crippen LogP contribution in [0.2, 0.25) is 5.02 Å². The number of rotatable bonds is 4. The number of amides is 1. The average Bonchev–Trinajstić information content (AvgIpc) is 3.12. The van der Waals surface area contributed by atoms with Gasteiger partial charge in [-0.3, -0.25) is 4.79 Å². The van der Waals surface area contributed by atoms with Crippen LogP contribution in [0, 0.1) is 11.6 Å². The highest BCUT2D eigenvalue weighted by atomic mass is 35.5. The molecule has 1 saturated heterocycles. The summed E-state index contributed by atoms with van der Waals surface area (Å²) in [6.07, 6.45) is 0. The number of fused-ring (bicyclic) bond motifs is 1. The first kappa shape index (κ1) is 21.0. The van der Waals surface area contributed by atoms with Crippen LogP contribution >= 0.6 is 22.9 Å². The normalized spacial score (nSPS) is 15.0. The molecule has 0 spiro atoms. The number of carbonyl (C=O) groups excluding carboxylic acids is 1. The van der Waals surface area contributed by atoms with Crippen molar-refractivity contribution >= 4 is 54.0 Å². The summed E-state index contributed by atoms with van der Waals surface area (Å²) in [5.74, 6) is -2.48. The molecule has 1 amide bonds. The van der Waals surface area contributed by atoms with E-state index in [1.165, 1.54) is 46.6 Å². The second-order valence-corrected chi connectivity index (χ2v) is 10.2. The number of aromatic nitrogens is 1. The monoisotopic (exact) mass is 471 g/mol. The summed E-state index contributed by atoms with van der Waals surface area (Å²) < 4.78 is 52.6. The van der Waals surface area contributed by atoms with Crippen molar-refractivity contribution in [1.82, 2.24) is 9.88 Å². The number of nitrogens with zero attached hydrogens (tertiary/aromatic N) is 3. The molecule has 6 nitrogen and oxygen atoms in total. The van der Waals surface area contributed by atoms with Gasteiger partial charge in [0.25, 0.3) is 0 Å². The van der Waals surface area contributed by atoms with E-state index in [0.29, 0.717) is 41.0 Å². The Labute approximate surface area is 180 Å². The molecule has 11 heteroatoms. The second-order valence-electron chi connectivity index (χ2n) is 6.81. The molecule has 158 valence electrons. The Balaban J connectivity index is 1.41. The molecule has 2 aromatic carbocycles. The Bertz CT molecular complexity index is 1210. The molecule has 0 saturated carbocycles. The highest BCUT2D eigenvalue weighted by Gasteiger charge is 2.27. The lowest BCUT2D eigenvalue weighted by atomic mass is 10.3. The van der Waals surface area contributed by atoms with Gasteiger partial charge >= 0.3 is 0 Å². The lowest BCUT2D eigenvalue weighted by Crippen LogP contribution is -2.50. The second kappa shape index (κ2) is 8.09. The zero-order valence-electron chi connectivity index (χ0n) is 15.5. The fourth-order valence-corrected chi connectivity index (χ4v) is 5.61. The van der Waals surface area contributed by atoms with Gasteiger partial charge in [-0.1, -0.05) is 22.9 Å². The molecule has 2 heterocycles. The minimum absolute atomic E-state index is 0.0441. The molecule has 0 radical (unpaired) electrons. The number of sulfone groups is 1. The first-order valence-electron chi connectivity index (χ1n) is 8.99. The van der Waals surface area contributed by atoms with E-state index in [2.05, 4.69) is 4.98 Å². The van der Waals surface area contributed by atoms with Crippen LogP contribution in [0.15, 0.2) is 41.3 Å². The number of thiazole rings is 1. The van der Waals surface area contributed by atoms with Crippen molar-refractivity contribution in [3.63, 3.8) is 0 Å². The molecule has 1 fully saturated rings. The average molecular weight is 472 g/mol.